The van der Waals surface area contributed by atoms with E-state index in [1.165, 1.54) is 11.3 Å². The van der Waals surface area contributed by atoms with Crippen molar-refractivity contribution in [2.24, 2.45) is 0 Å². The van der Waals surface area contributed by atoms with E-state index in [9.17, 15) is 23.1 Å². The van der Waals surface area contributed by atoms with Gasteiger partial charge in [0.2, 0.25) is 0 Å². The molecule has 0 radical (unpaired) electrons. The summed E-state index contributed by atoms with van der Waals surface area (Å²) in [5.74, 6) is -1.29. The standard InChI is InChI=1S/C10H12N2O6S2/c1-18-10(15)11-20(16,17)12-4-2-7-6(3-5-19-7)8(12)9(13)14/h3,5,8H,2,4H2,1H3,(H,11,15)(H,13,14). The Morgan fingerprint density at radius 2 is 2.25 bits per heavy atom. The Hall–Kier alpha value is -1.65. The number of carbonyl (C=O) groups is 2. The fourth-order valence-corrected chi connectivity index (χ4v) is 4.14. The second-order valence-corrected chi connectivity index (χ2v) is 6.62. The van der Waals surface area contributed by atoms with Crippen molar-refractivity contribution in [3.8, 4) is 0 Å². The van der Waals surface area contributed by atoms with Crippen LogP contribution in [0.2, 0.25) is 0 Å². The number of rotatable bonds is 3. The highest BCUT2D eigenvalue weighted by molar-refractivity contribution is 7.87. The maximum Gasteiger partial charge on any atom is 0.421 e. The first-order valence-electron chi connectivity index (χ1n) is 5.53. The van der Waals surface area contributed by atoms with Crippen LogP contribution in [0.4, 0.5) is 4.79 Å². The molecule has 2 heterocycles. The second-order valence-electron chi connectivity index (χ2n) is 4.00. The van der Waals surface area contributed by atoms with E-state index in [0.29, 0.717) is 12.0 Å². The molecule has 10 heteroatoms. The zero-order valence-corrected chi connectivity index (χ0v) is 12.0. The van der Waals surface area contributed by atoms with Crippen LogP contribution in [0.25, 0.3) is 0 Å². The van der Waals surface area contributed by atoms with E-state index in [0.717, 1.165) is 16.3 Å². The van der Waals surface area contributed by atoms with Crippen molar-refractivity contribution >= 4 is 33.6 Å². The van der Waals surface area contributed by atoms with Crippen LogP contribution in [-0.2, 0) is 26.2 Å². The van der Waals surface area contributed by atoms with Gasteiger partial charge in [0.15, 0.2) is 0 Å². The Kier molecular flexibility index (Phi) is 3.97. The van der Waals surface area contributed by atoms with Gasteiger partial charge in [-0.3, -0.25) is 4.79 Å². The zero-order chi connectivity index (χ0) is 14.9. The smallest absolute Gasteiger partial charge is 0.421 e. The Morgan fingerprint density at radius 1 is 1.55 bits per heavy atom. The molecule has 8 nitrogen and oxygen atoms in total. The highest BCUT2D eigenvalue weighted by Gasteiger charge is 2.41. The minimum Gasteiger partial charge on any atom is -0.480 e. The predicted molar refractivity (Wildman–Crippen MR) is 69.6 cm³/mol. The molecule has 1 aliphatic rings. The van der Waals surface area contributed by atoms with Gasteiger partial charge in [-0.25, -0.2) is 9.52 Å². The number of carbonyl (C=O) groups excluding carboxylic acids is 1. The quantitative estimate of drug-likeness (QED) is 0.830. The summed E-state index contributed by atoms with van der Waals surface area (Å²) < 4.78 is 30.7. The number of methoxy groups -OCH3 is 1. The minimum atomic E-state index is -4.28. The van der Waals surface area contributed by atoms with Crippen molar-refractivity contribution in [3.63, 3.8) is 0 Å². The lowest BCUT2D eigenvalue weighted by Crippen LogP contribution is -2.49. The van der Waals surface area contributed by atoms with Gasteiger partial charge in [-0.15, -0.1) is 11.3 Å². The number of carboxylic acids is 1. The monoisotopic (exact) mass is 320 g/mol. The molecule has 0 saturated heterocycles. The molecule has 0 bridgehead atoms. The maximum atomic E-state index is 12.1. The third kappa shape index (κ3) is 2.62. The maximum absolute atomic E-state index is 12.1. The van der Waals surface area contributed by atoms with Gasteiger partial charge in [0.25, 0.3) is 0 Å². The summed E-state index contributed by atoms with van der Waals surface area (Å²) in [5, 5.41) is 11.0. The fraction of sp³-hybridized carbons (Fsp3) is 0.400. The molecule has 1 aromatic heterocycles. The fourth-order valence-electron chi connectivity index (χ4n) is 2.01. The number of fused-ring (bicyclic) bond motifs is 1. The van der Waals surface area contributed by atoms with Crippen molar-refractivity contribution in [1.29, 1.82) is 0 Å². The topological polar surface area (TPSA) is 113 Å². The van der Waals surface area contributed by atoms with Crippen LogP contribution in [0.5, 0.6) is 0 Å². The van der Waals surface area contributed by atoms with Gasteiger partial charge >= 0.3 is 22.3 Å². The molecule has 2 N–H and O–H groups in total. The third-order valence-electron chi connectivity index (χ3n) is 2.86. The molecule has 0 spiro atoms. The van der Waals surface area contributed by atoms with Crippen LogP contribution in [0, 0.1) is 0 Å². The lowest BCUT2D eigenvalue weighted by Gasteiger charge is -2.31. The molecule has 0 aliphatic carbocycles. The van der Waals surface area contributed by atoms with E-state index in [4.69, 9.17) is 0 Å². The van der Waals surface area contributed by atoms with Crippen LogP contribution in [0.3, 0.4) is 0 Å². The van der Waals surface area contributed by atoms with E-state index in [1.807, 2.05) is 0 Å². The van der Waals surface area contributed by atoms with Crippen LogP contribution >= 0.6 is 11.3 Å². The molecule has 1 atom stereocenters. The van der Waals surface area contributed by atoms with Gasteiger partial charge in [-0.05, 0) is 23.4 Å². The van der Waals surface area contributed by atoms with Gasteiger partial charge in [0.1, 0.15) is 6.04 Å². The van der Waals surface area contributed by atoms with Gasteiger partial charge < -0.3 is 9.84 Å². The van der Waals surface area contributed by atoms with Crippen LogP contribution in [0.15, 0.2) is 11.4 Å². The average Bonchev–Trinajstić information content (AvgIpc) is 2.84. The van der Waals surface area contributed by atoms with Gasteiger partial charge in [-0.1, -0.05) is 0 Å². The van der Waals surface area contributed by atoms with E-state index in [2.05, 4.69) is 4.74 Å². The molecular formula is C10H12N2O6S2. The average molecular weight is 320 g/mol. The number of amides is 1. The van der Waals surface area contributed by atoms with Crippen LogP contribution < -0.4 is 4.72 Å². The molecule has 0 fully saturated rings. The van der Waals surface area contributed by atoms with Crippen molar-refractivity contribution < 1.29 is 27.9 Å². The van der Waals surface area contributed by atoms with Crippen LogP contribution in [0.1, 0.15) is 16.5 Å². The highest BCUT2D eigenvalue weighted by Crippen LogP contribution is 2.34. The molecule has 1 unspecified atom stereocenters. The number of thiophene rings is 1. The summed E-state index contributed by atoms with van der Waals surface area (Å²) >= 11 is 1.38. The molecule has 1 aromatic rings. The van der Waals surface area contributed by atoms with Gasteiger partial charge in [0.05, 0.1) is 7.11 Å². The molecule has 2 rings (SSSR count). The second kappa shape index (κ2) is 5.38. The number of ether oxygens (including phenoxy) is 1. The normalized spacial score (nSPS) is 19.1. The van der Waals surface area contributed by atoms with E-state index >= 15 is 0 Å². The van der Waals surface area contributed by atoms with E-state index < -0.39 is 28.3 Å². The number of carboxylic acid groups (broad SMARTS) is 1. The molecular weight excluding hydrogens is 308 g/mol. The van der Waals surface area contributed by atoms with Gasteiger partial charge in [0, 0.05) is 11.4 Å². The molecule has 0 aromatic carbocycles. The van der Waals surface area contributed by atoms with Crippen molar-refractivity contribution in [2.45, 2.75) is 12.5 Å². The minimum absolute atomic E-state index is 0.0171. The highest BCUT2D eigenvalue weighted by atomic mass is 32.2. The summed E-state index contributed by atoms with van der Waals surface area (Å²) in [6.45, 7) is -0.0171. The number of hydrogen-bond donors (Lipinski definition) is 2. The number of nitrogens with zero attached hydrogens (tertiary/aromatic N) is 1. The lowest BCUT2D eigenvalue weighted by atomic mass is 10.0. The molecule has 0 saturated carbocycles. The van der Waals surface area contributed by atoms with Crippen molar-refractivity contribution in [1.82, 2.24) is 9.03 Å². The summed E-state index contributed by atoms with van der Waals surface area (Å²) in [5.41, 5.74) is 0.434. The first kappa shape index (κ1) is 14.8. The third-order valence-corrected chi connectivity index (χ3v) is 5.29. The molecule has 1 amide bonds. The van der Waals surface area contributed by atoms with Crippen molar-refractivity contribution in [3.05, 3.63) is 21.9 Å². The summed E-state index contributed by atoms with van der Waals surface area (Å²) in [6.07, 6.45) is -0.760. The van der Waals surface area contributed by atoms with Crippen molar-refractivity contribution in [2.75, 3.05) is 13.7 Å². The number of hydrogen-bond acceptors (Lipinski definition) is 6. The van der Waals surface area contributed by atoms with E-state index in [-0.39, 0.29) is 6.54 Å². The van der Waals surface area contributed by atoms with Crippen LogP contribution in [-0.4, -0.2) is 43.5 Å². The summed E-state index contributed by atoms with van der Waals surface area (Å²) in [6, 6.07) is 0.241. The summed E-state index contributed by atoms with van der Waals surface area (Å²) in [7, 11) is -3.26. The first-order valence-corrected chi connectivity index (χ1v) is 7.85. The molecule has 20 heavy (non-hydrogen) atoms. The first-order chi connectivity index (χ1) is 9.36. The Labute approximate surface area is 119 Å². The van der Waals surface area contributed by atoms with Gasteiger partial charge in [-0.2, -0.15) is 12.7 Å². The Balaban J connectivity index is 2.37. The SMILES string of the molecule is COC(=O)NS(=O)(=O)N1CCc2sccc2C1C(=O)O. The summed E-state index contributed by atoms with van der Waals surface area (Å²) in [4.78, 5) is 23.3. The lowest BCUT2D eigenvalue weighted by molar-refractivity contribution is -0.142. The number of nitrogens with one attached hydrogen (secondary N) is 1. The van der Waals surface area contributed by atoms with E-state index in [1.54, 1.807) is 16.2 Å². The Morgan fingerprint density at radius 3 is 2.85 bits per heavy atom. The Bertz CT molecular complexity index is 638. The predicted octanol–water partition coefficient (Wildman–Crippen LogP) is 0.333. The molecule has 110 valence electrons. The zero-order valence-electron chi connectivity index (χ0n) is 10.4. The number of aliphatic carboxylic acids is 1. The largest absolute Gasteiger partial charge is 0.480 e. The molecule has 1 aliphatic heterocycles.